The molecule has 0 spiro atoms. The summed E-state index contributed by atoms with van der Waals surface area (Å²) in [4.78, 5) is 16.3. The van der Waals surface area contributed by atoms with E-state index in [4.69, 9.17) is 4.74 Å². The first-order valence-corrected chi connectivity index (χ1v) is 8.55. The van der Waals surface area contributed by atoms with E-state index < -0.39 is 0 Å². The number of carbonyl (C=O) groups is 1. The number of halogens is 1. The summed E-state index contributed by atoms with van der Waals surface area (Å²) >= 11 is 0. The van der Waals surface area contributed by atoms with Gasteiger partial charge in [0, 0.05) is 38.2 Å². The first kappa shape index (κ1) is 16.2. The molecule has 0 bridgehead atoms. The molecule has 2 aliphatic heterocycles. The molecule has 0 radical (unpaired) electrons. The molecule has 0 N–H and O–H groups in total. The van der Waals surface area contributed by atoms with E-state index in [-0.39, 0.29) is 11.7 Å². The molecule has 3 rings (SSSR count). The van der Waals surface area contributed by atoms with E-state index in [2.05, 4.69) is 4.90 Å². The normalized spacial score (nSPS) is 25.0. The van der Waals surface area contributed by atoms with Gasteiger partial charge in [-0.15, -0.1) is 0 Å². The van der Waals surface area contributed by atoms with Gasteiger partial charge in [-0.1, -0.05) is 6.07 Å². The van der Waals surface area contributed by atoms with Crippen molar-refractivity contribution in [1.29, 1.82) is 0 Å². The Balaban J connectivity index is 1.54. The van der Waals surface area contributed by atoms with Crippen LogP contribution in [-0.4, -0.2) is 54.0 Å². The maximum absolute atomic E-state index is 13.2. The van der Waals surface area contributed by atoms with E-state index in [0.29, 0.717) is 24.4 Å². The van der Waals surface area contributed by atoms with Gasteiger partial charge in [0.25, 0.3) is 0 Å². The molecule has 0 saturated carbocycles. The second-order valence-electron chi connectivity index (χ2n) is 6.47. The third-order valence-electron chi connectivity index (χ3n) is 5.01. The predicted octanol–water partition coefficient (Wildman–Crippen LogP) is 2.68. The number of hydrogen-bond acceptors (Lipinski definition) is 3. The largest absolute Gasteiger partial charge is 0.492 e. The summed E-state index contributed by atoms with van der Waals surface area (Å²) in [5.41, 5.74) is 0. The molecule has 1 aromatic carbocycles. The summed E-state index contributed by atoms with van der Waals surface area (Å²) in [5, 5.41) is 0. The maximum Gasteiger partial charge on any atom is 0.219 e. The van der Waals surface area contributed by atoms with Crippen LogP contribution in [0.4, 0.5) is 4.39 Å². The first-order chi connectivity index (χ1) is 11.1. The Morgan fingerprint density at radius 3 is 2.83 bits per heavy atom. The van der Waals surface area contributed by atoms with Gasteiger partial charge in [0.1, 0.15) is 18.2 Å². The average Bonchev–Trinajstić information content (AvgIpc) is 3.15. The Labute approximate surface area is 137 Å². The molecule has 0 aromatic heterocycles. The van der Waals surface area contributed by atoms with Crippen molar-refractivity contribution in [3.05, 3.63) is 30.1 Å². The van der Waals surface area contributed by atoms with Crippen molar-refractivity contribution in [1.82, 2.24) is 9.80 Å². The van der Waals surface area contributed by atoms with Gasteiger partial charge in [0.05, 0.1) is 0 Å². The summed E-state index contributed by atoms with van der Waals surface area (Å²) in [6.45, 7) is 4.99. The number of carbonyl (C=O) groups excluding carboxylic acids is 1. The fraction of sp³-hybridized carbons (Fsp3) is 0.611. The van der Waals surface area contributed by atoms with Crippen molar-refractivity contribution >= 4 is 5.91 Å². The topological polar surface area (TPSA) is 32.8 Å². The fourth-order valence-corrected chi connectivity index (χ4v) is 3.99. The number of rotatable bonds is 5. The predicted molar refractivity (Wildman–Crippen MR) is 86.9 cm³/mol. The minimum absolute atomic E-state index is 0.190. The third-order valence-corrected chi connectivity index (χ3v) is 5.01. The first-order valence-electron chi connectivity index (χ1n) is 8.55. The van der Waals surface area contributed by atoms with E-state index in [1.807, 2.05) is 4.90 Å². The molecular weight excluding hydrogens is 295 g/mol. The number of nitrogens with zero attached hydrogens (tertiary/aromatic N) is 2. The lowest BCUT2D eigenvalue weighted by molar-refractivity contribution is -0.130. The summed E-state index contributed by atoms with van der Waals surface area (Å²) < 4.78 is 18.8. The molecule has 2 saturated heterocycles. The molecule has 1 aromatic rings. The Hall–Kier alpha value is -1.62. The smallest absolute Gasteiger partial charge is 0.219 e. The Kier molecular flexibility index (Phi) is 5.16. The molecule has 2 fully saturated rings. The number of amides is 1. The summed E-state index contributed by atoms with van der Waals surface area (Å²) in [7, 11) is 0. The van der Waals surface area contributed by atoms with Crippen LogP contribution in [0.25, 0.3) is 0 Å². The summed E-state index contributed by atoms with van der Waals surface area (Å²) in [5.74, 6) is 0.493. The van der Waals surface area contributed by atoms with Gasteiger partial charge < -0.3 is 9.64 Å². The zero-order chi connectivity index (χ0) is 16.2. The van der Waals surface area contributed by atoms with E-state index in [0.717, 1.165) is 38.9 Å². The second kappa shape index (κ2) is 7.30. The summed E-state index contributed by atoms with van der Waals surface area (Å²) in [6, 6.07) is 7.06. The monoisotopic (exact) mass is 320 g/mol. The molecule has 4 nitrogen and oxygen atoms in total. The highest BCUT2D eigenvalue weighted by Gasteiger charge is 2.38. The summed E-state index contributed by atoms with van der Waals surface area (Å²) in [6.07, 6.45) is 4.53. The minimum Gasteiger partial charge on any atom is -0.492 e. The van der Waals surface area contributed by atoms with Gasteiger partial charge >= 0.3 is 0 Å². The minimum atomic E-state index is -0.274. The van der Waals surface area contributed by atoms with Gasteiger partial charge in [0.15, 0.2) is 0 Å². The fourth-order valence-electron chi connectivity index (χ4n) is 3.99. The van der Waals surface area contributed by atoms with Crippen molar-refractivity contribution in [2.24, 2.45) is 0 Å². The second-order valence-corrected chi connectivity index (χ2v) is 6.47. The SMILES string of the molecule is CC(=O)N1CCC[C@H]1[C@@H]1CCCN1CCOc1cccc(F)c1. The number of benzene rings is 1. The van der Waals surface area contributed by atoms with Crippen LogP contribution in [0.1, 0.15) is 32.6 Å². The van der Waals surface area contributed by atoms with Crippen LogP contribution in [0, 0.1) is 5.82 Å². The van der Waals surface area contributed by atoms with E-state index in [1.54, 1.807) is 19.1 Å². The number of likely N-dealkylation sites (tertiary alicyclic amines) is 2. The highest BCUT2D eigenvalue weighted by atomic mass is 19.1. The lowest BCUT2D eigenvalue weighted by Gasteiger charge is -2.34. The van der Waals surface area contributed by atoms with Gasteiger partial charge in [-0.25, -0.2) is 4.39 Å². The Bertz CT molecular complexity index is 552. The number of ether oxygens (including phenoxy) is 1. The van der Waals surface area contributed by atoms with Crippen LogP contribution in [-0.2, 0) is 4.79 Å². The lowest BCUT2D eigenvalue weighted by Crippen LogP contribution is -2.48. The molecule has 2 heterocycles. The van der Waals surface area contributed by atoms with Crippen LogP contribution in [0.15, 0.2) is 24.3 Å². The molecule has 126 valence electrons. The molecule has 2 aliphatic rings. The van der Waals surface area contributed by atoms with E-state index in [9.17, 15) is 9.18 Å². The molecule has 2 atom stereocenters. The zero-order valence-electron chi connectivity index (χ0n) is 13.7. The highest BCUT2D eigenvalue weighted by molar-refractivity contribution is 5.74. The quantitative estimate of drug-likeness (QED) is 0.836. The van der Waals surface area contributed by atoms with Crippen molar-refractivity contribution in [2.75, 3.05) is 26.2 Å². The highest BCUT2D eigenvalue weighted by Crippen LogP contribution is 2.29. The van der Waals surface area contributed by atoms with Crippen LogP contribution < -0.4 is 4.74 Å². The van der Waals surface area contributed by atoms with Crippen LogP contribution in [0.3, 0.4) is 0 Å². The molecule has 5 heteroatoms. The molecular formula is C18H25FN2O2. The van der Waals surface area contributed by atoms with E-state index >= 15 is 0 Å². The molecule has 23 heavy (non-hydrogen) atoms. The Morgan fingerprint density at radius 1 is 1.26 bits per heavy atom. The third kappa shape index (κ3) is 3.83. The Morgan fingerprint density at radius 2 is 2.04 bits per heavy atom. The molecule has 1 amide bonds. The molecule has 0 unspecified atom stereocenters. The van der Waals surface area contributed by atoms with Crippen LogP contribution in [0.2, 0.25) is 0 Å². The standard InChI is InChI=1S/C18H25FN2O2/c1-14(22)21-10-4-8-18(21)17-7-3-9-20(17)11-12-23-16-6-2-5-15(19)13-16/h2,5-6,13,17-18H,3-4,7-12H2,1H3/t17-,18-/m0/s1. The van der Waals surface area contributed by atoms with Crippen LogP contribution in [0.5, 0.6) is 5.75 Å². The average molecular weight is 320 g/mol. The van der Waals surface area contributed by atoms with Gasteiger partial charge in [-0.3, -0.25) is 9.69 Å². The van der Waals surface area contributed by atoms with E-state index in [1.165, 1.54) is 18.6 Å². The van der Waals surface area contributed by atoms with Gasteiger partial charge in [-0.05, 0) is 44.4 Å². The lowest BCUT2D eigenvalue weighted by atomic mass is 10.0. The maximum atomic E-state index is 13.2. The van der Waals surface area contributed by atoms with Crippen molar-refractivity contribution in [2.45, 2.75) is 44.7 Å². The number of hydrogen-bond donors (Lipinski definition) is 0. The molecule has 0 aliphatic carbocycles. The van der Waals surface area contributed by atoms with Crippen molar-refractivity contribution in [3.8, 4) is 5.75 Å². The van der Waals surface area contributed by atoms with Gasteiger partial charge in [0.2, 0.25) is 5.91 Å². The zero-order valence-corrected chi connectivity index (χ0v) is 13.7. The van der Waals surface area contributed by atoms with Crippen molar-refractivity contribution < 1.29 is 13.9 Å². The van der Waals surface area contributed by atoms with Crippen LogP contribution >= 0.6 is 0 Å². The van der Waals surface area contributed by atoms with Crippen molar-refractivity contribution in [3.63, 3.8) is 0 Å². The van der Waals surface area contributed by atoms with Gasteiger partial charge in [-0.2, -0.15) is 0 Å².